The summed E-state index contributed by atoms with van der Waals surface area (Å²) in [6.07, 6.45) is -1.64. The van der Waals surface area contributed by atoms with Crippen LogP contribution in [-0.2, 0) is 11.3 Å². The first kappa shape index (κ1) is 21.1. The maximum atomic E-state index is 11.9. The Morgan fingerprint density at radius 2 is 1.84 bits per heavy atom. The molecule has 3 aromatic heterocycles. The van der Waals surface area contributed by atoms with Gasteiger partial charge in [-0.2, -0.15) is 18.3 Å². The lowest BCUT2D eigenvalue weighted by molar-refractivity contribution is -0.192. The van der Waals surface area contributed by atoms with E-state index >= 15 is 0 Å². The molecule has 32 heavy (non-hydrogen) atoms. The number of carboxylic acid groups (broad SMARTS) is 1. The first-order valence-electron chi connectivity index (χ1n) is 9.32. The Bertz CT molecular complexity index is 1310. The van der Waals surface area contributed by atoms with Crippen LogP contribution in [0.2, 0.25) is 0 Å². The fraction of sp³-hybridized carbons (Fsp3) is 0.143. The van der Waals surface area contributed by atoms with Crippen LogP contribution in [0, 0.1) is 0 Å². The second-order valence-corrected chi connectivity index (χ2v) is 6.80. The third-order valence-corrected chi connectivity index (χ3v) is 4.67. The van der Waals surface area contributed by atoms with Gasteiger partial charge in [-0.3, -0.25) is 14.5 Å². The maximum Gasteiger partial charge on any atom is 0.490 e. The monoisotopic (exact) mass is 444 g/mol. The number of alkyl halides is 3. The molecule has 5 rings (SSSR count). The normalized spacial score (nSPS) is 13.2. The van der Waals surface area contributed by atoms with Gasteiger partial charge in [-0.25, -0.2) is 4.79 Å². The lowest BCUT2D eigenvalue weighted by Gasteiger charge is -2.13. The lowest BCUT2D eigenvalue weighted by Crippen LogP contribution is -2.35. The van der Waals surface area contributed by atoms with Gasteiger partial charge in [0, 0.05) is 29.3 Å². The molecule has 0 atom stereocenters. The van der Waals surface area contributed by atoms with Crippen LogP contribution >= 0.6 is 0 Å². The average Bonchev–Trinajstić information content (AvgIpc) is 3.41. The van der Waals surface area contributed by atoms with Crippen molar-refractivity contribution in [2.75, 3.05) is 6.54 Å². The molecule has 0 spiro atoms. The number of furan rings is 1. The summed E-state index contributed by atoms with van der Waals surface area (Å²) in [4.78, 5) is 25.3. The summed E-state index contributed by atoms with van der Waals surface area (Å²) in [7, 11) is 0. The molecule has 11 heteroatoms. The SMILES string of the molecule is O=C(O)C(F)(F)F.O=C1NCCn2nc(-c3ccnc(-c4ccc5occc5c4)c3)cc21. The quantitative estimate of drug-likeness (QED) is 0.488. The minimum atomic E-state index is -5.08. The summed E-state index contributed by atoms with van der Waals surface area (Å²) in [5.74, 6) is -2.84. The zero-order valence-electron chi connectivity index (χ0n) is 16.3. The highest BCUT2D eigenvalue weighted by Crippen LogP contribution is 2.27. The van der Waals surface area contributed by atoms with E-state index in [0.717, 1.165) is 33.5 Å². The molecule has 164 valence electrons. The molecule has 1 aliphatic heterocycles. The molecule has 4 heterocycles. The summed E-state index contributed by atoms with van der Waals surface area (Å²) in [5.41, 5.74) is 5.03. The van der Waals surface area contributed by atoms with Crippen LogP contribution < -0.4 is 5.32 Å². The van der Waals surface area contributed by atoms with Gasteiger partial charge in [0.25, 0.3) is 5.91 Å². The van der Waals surface area contributed by atoms with E-state index in [1.807, 2.05) is 36.4 Å². The maximum absolute atomic E-state index is 11.9. The molecule has 0 saturated carbocycles. The number of nitrogens with zero attached hydrogens (tertiary/aromatic N) is 3. The number of aliphatic carboxylic acids is 1. The molecule has 1 aliphatic rings. The van der Waals surface area contributed by atoms with E-state index < -0.39 is 12.1 Å². The van der Waals surface area contributed by atoms with Crippen LogP contribution in [0.1, 0.15) is 10.5 Å². The zero-order valence-corrected chi connectivity index (χ0v) is 16.3. The fourth-order valence-corrected chi connectivity index (χ4v) is 3.15. The van der Waals surface area contributed by atoms with Gasteiger partial charge in [-0.15, -0.1) is 0 Å². The number of hydrogen-bond acceptors (Lipinski definition) is 5. The summed E-state index contributed by atoms with van der Waals surface area (Å²) in [6.45, 7) is 1.30. The number of fused-ring (bicyclic) bond motifs is 2. The minimum absolute atomic E-state index is 0.0790. The topological polar surface area (TPSA) is 110 Å². The first-order chi connectivity index (χ1) is 15.2. The van der Waals surface area contributed by atoms with Gasteiger partial charge in [0.15, 0.2) is 0 Å². The molecule has 8 nitrogen and oxygen atoms in total. The average molecular weight is 444 g/mol. The second kappa shape index (κ2) is 8.17. The molecular formula is C21H15F3N4O4. The van der Waals surface area contributed by atoms with Gasteiger partial charge < -0.3 is 14.8 Å². The molecule has 0 radical (unpaired) electrons. The van der Waals surface area contributed by atoms with Crippen molar-refractivity contribution in [2.24, 2.45) is 0 Å². The Hall–Kier alpha value is -4.15. The molecule has 1 amide bonds. The van der Waals surface area contributed by atoms with Crippen molar-refractivity contribution in [1.29, 1.82) is 0 Å². The van der Waals surface area contributed by atoms with E-state index in [0.29, 0.717) is 18.8 Å². The highest BCUT2D eigenvalue weighted by Gasteiger charge is 2.38. The van der Waals surface area contributed by atoms with Crippen molar-refractivity contribution in [3.05, 3.63) is 60.6 Å². The van der Waals surface area contributed by atoms with Crippen LogP contribution in [0.25, 0.3) is 33.5 Å². The summed E-state index contributed by atoms with van der Waals surface area (Å²) in [5, 5.41) is 15.6. The number of amides is 1. The van der Waals surface area contributed by atoms with Gasteiger partial charge >= 0.3 is 12.1 Å². The van der Waals surface area contributed by atoms with E-state index in [9.17, 15) is 18.0 Å². The predicted molar refractivity (Wildman–Crippen MR) is 107 cm³/mol. The van der Waals surface area contributed by atoms with Crippen molar-refractivity contribution < 1.29 is 32.3 Å². The molecule has 0 bridgehead atoms. The molecular weight excluding hydrogens is 429 g/mol. The standard InChI is InChI=1S/C19H14N4O2.C2HF3O2/c24-19-17-11-16(22-23(17)7-6-21-19)13-3-5-20-15(10-13)12-1-2-18-14(9-12)4-8-25-18;3-2(4,5)1(6)7/h1-5,8-11H,6-7H2,(H,21,24);(H,6,7). The molecule has 0 saturated heterocycles. The molecule has 1 aromatic carbocycles. The van der Waals surface area contributed by atoms with Crippen molar-refractivity contribution in [3.8, 4) is 22.5 Å². The zero-order chi connectivity index (χ0) is 22.9. The summed E-state index contributed by atoms with van der Waals surface area (Å²) in [6, 6.07) is 13.6. The van der Waals surface area contributed by atoms with Crippen molar-refractivity contribution >= 4 is 22.8 Å². The number of rotatable bonds is 2. The van der Waals surface area contributed by atoms with E-state index in [-0.39, 0.29) is 5.91 Å². The number of pyridine rings is 1. The fourth-order valence-electron chi connectivity index (χ4n) is 3.15. The lowest BCUT2D eigenvalue weighted by atomic mass is 10.1. The Labute approximate surface area is 178 Å². The number of carbonyl (C=O) groups is 2. The Kier molecular flexibility index (Phi) is 5.39. The number of hydrogen-bond donors (Lipinski definition) is 2. The minimum Gasteiger partial charge on any atom is -0.475 e. The van der Waals surface area contributed by atoms with E-state index in [1.165, 1.54) is 0 Å². The van der Waals surface area contributed by atoms with Gasteiger partial charge in [0.1, 0.15) is 11.3 Å². The second-order valence-electron chi connectivity index (χ2n) is 6.80. The molecule has 0 fully saturated rings. The smallest absolute Gasteiger partial charge is 0.475 e. The van der Waals surface area contributed by atoms with Crippen LogP contribution in [-0.4, -0.2) is 44.5 Å². The number of carbonyl (C=O) groups excluding carboxylic acids is 1. The van der Waals surface area contributed by atoms with E-state index in [2.05, 4.69) is 21.5 Å². The van der Waals surface area contributed by atoms with Gasteiger partial charge in [0.05, 0.1) is 24.2 Å². The summed E-state index contributed by atoms with van der Waals surface area (Å²) >= 11 is 0. The molecule has 2 N–H and O–H groups in total. The van der Waals surface area contributed by atoms with Crippen LogP contribution in [0.4, 0.5) is 13.2 Å². The number of nitrogens with one attached hydrogen (secondary N) is 1. The molecule has 0 unspecified atom stereocenters. The largest absolute Gasteiger partial charge is 0.490 e. The Morgan fingerprint density at radius 1 is 1.09 bits per heavy atom. The molecule has 0 aliphatic carbocycles. The van der Waals surface area contributed by atoms with Crippen LogP contribution in [0.3, 0.4) is 0 Å². The third kappa shape index (κ3) is 4.31. The number of halogens is 3. The summed E-state index contributed by atoms with van der Waals surface area (Å²) < 4.78 is 38.9. The third-order valence-electron chi connectivity index (χ3n) is 4.67. The van der Waals surface area contributed by atoms with Crippen molar-refractivity contribution in [3.63, 3.8) is 0 Å². The number of benzene rings is 1. The Balaban J connectivity index is 0.000000307. The van der Waals surface area contributed by atoms with Gasteiger partial charge in [0.2, 0.25) is 0 Å². The van der Waals surface area contributed by atoms with E-state index in [4.69, 9.17) is 14.3 Å². The van der Waals surface area contributed by atoms with Crippen molar-refractivity contribution in [1.82, 2.24) is 20.1 Å². The van der Waals surface area contributed by atoms with Crippen molar-refractivity contribution in [2.45, 2.75) is 12.7 Å². The van der Waals surface area contributed by atoms with E-state index in [1.54, 1.807) is 17.1 Å². The number of carboxylic acids is 1. The predicted octanol–water partition coefficient (Wildman–Crippen LogP) is 3.74. The highest BCUT2D eigenvalue weighted by atomic mass is 19.4. The van der Waals surface area contributed by atoms with Crippen LogP contribution in [0.15, 0.2) is 59.3 Å². The number of aromatic nitrogens is 3. The Morgan fingerprint density at radius 3 is 2.56 bits per heavy atom. The van der Waals surface area contributed by atoms with Gasteiger partial charge in [-0.1, -0.05) is 0 Å². The first-order valence-corrected chi connectivity index (χ1v) is 9.32. The van der Waals surface area contributed by atoms with Crippen LogP contribution in [0.5, 0.6) is 0 Å². The molecule has 4 aromatic rings. The van der Waals surface area contributed by atoms with Gasteiger partial charge in [-0.05, 0) is 42.5 Å². The highest BCUT2D eigenvalue weighted by molar-refractivity contribution is 5.94.